The molecule has 192 valence electrons. The Bertz CT molecular complexity index is 820. The van der Waals surface area contributed by atoms with Gasteiger partial charge in [0.1, 0.15) is 12.0 Å². The summed E-state index contributed by atoms with van der Waals surface area (Å²) in [6.45, 7) is 8.07. The van der Waals surface area contributed by atoms with Gasteiger partial charge in [-0.3, -0.25) is 4.79 Å². The van der Waals surface area contributed by atoms with Crippen molar-refractivity contribution < 1.29 is 19.2 Å². The first-order chi connectivity index (χ1) is 16.3. The SMILES string of the molecule is CC(C)(C)c1cnc(CSc2cnc(NC(=O)CCCNCCCCCCC=O)s2)o1.CNO. The third kappa shape index (κ3) is 13.8. The van der Waals surface area contributed by atoms with Crippen molar-refractivity contribution in [1.29, 1.82) is 0 Å². The van der Waals surface area contributed by atoms with Gasteiger partial charge in [0, 0.05) is 25.3 Å². The molecule has 0 radical (unpaired) electrons. The van der Waals surface area contributed by atoms with Crippen molar-refractivity contribution in [3.05, 3.63) is 24.0 Å². The van der Waals surface area contributed by atoms with E-state index in [4.69, 9.17) is 9.62 Å². The molecule has 0 atom stereocenters. The number of amides is 1. The number of hydrogen-bond acceptors (Lipinski definition) is 10. The van der Waals surface area contributed by atoms with Gasteiger partial charge in [-0.2, -0.15) is 0 Å². The Kier molecular flexibility index (Phi) is 15.7. The van der Waals surface area contributed by atoms with E-state index in [1.165, 1.54) is 18.4 Å². The second-order valence-electron chi connectivity index (χ2n) is 8.64. The number of thiazole rings is 1. The number of nitrogens with zero attached hydrogens (tertiary/aromatic N) is 2. The lowest BCUT2D eigenvalue weighted by Crippen LogP contribution is -2.19. The fraction of sp³-hybridized carbons (Fsp3) is 0.652. The van der Waals surface area contributed by atoms with Crippen LogP contribution in [0.1, 0.15) is 77.4 Å². The molecule has 0 aliphatic heterocycles. The average molecular weight is 514 g/mol. The van der Waals surface area contributed by atoms with Crippen molar-refractivity contribution in [2.24, 2.45) is 0 Å². The average Bonchev–Trinajstić information content (AvgIpc) is 3.43. The van der Waals surface area contributed by atoms with Gasteiger partial charge in [-0.25, -0.2) is 15.4 Å². The lowest BCUT2D eigenvalue weighted by Gasteiger charge is -2.12. The van der Waals surface area contributed by atoms with E-state index in [-0.39, 0.29) is 11.3 Å². The van der Waals surface area contributed by atoms with Crippen LogP contribution in [0.15, 0.2) is 21.0 Å². The number of nitrogens with one attached hydrogen (secondary N) is 3. The molecule has 0 spiro atoms. The number of oxazole rings is 1. The Labute approximate surface area is 210 Å². The fourth-order valence-corrected chi connectivity index (χ4v) is 4.49. The van der Waals surface area contributed by atoms with Crippen LogP contribution in [0.25, 0.3) is 0 Å². The van der Waals surface area contributed by atoms with Gasteiger partial charge in [-0.15, -0.1) is 11.8 Å². The molecule has 4 N–H and O–H groups in total. The largest absolute Gasteiger partial charge is 0.444 e. The van der Waals surface area contributed by atoms with Crippen molar-refractivity contribution in [3.63, 3.8) is 0 Å². The predicted molar refractivity (Wildman–Crippen MR) is 138 cm³/mol. The number of hydroxylamine groups is 1. The fourth-order valence-electron chi connectivity index (χ4n) is 2.75. The minimum Gasteiger partial charge on any atom is -0.444 e. The zero-order valence-corrected chi connectivity index (χ0v) is 22.3. The zero-order valence-electron chi connectivity index (χ0n) is 20.7. The number of thioether (sulfide) groups is 1. The molecule has 0 fully saturated rings. The third-order valence-electron chi connectivity index (χ3n) is 4.54. The number of aromatic nitrogens is 2. The molecule has 1 amide bonds. The van der Waals surface area contributed by atoms with Crippen LogP contribution >= 0.6 is 23.1 Å². The van der Waals surface area contributed by atoms with E-state index in [1.54, 1.807) is 29.6 Å². The van der Waals surface area contributed by atoms with Gasteiger partial charge >= 0.3 is 0 Å². The minimum atomic E-state index is -0.0505. The first-order valence-electron chi connectivity index (χ1n) is 11.6. The molecule has 11 heteroatoms. The van der Waals surface area contributed by atoms with Crippen LogP contribution in [0.2, 0.25) is 0 Å². The Hall–Kier alpha value is -1.79. The lowest BCUT2D eigenvalue weighted by molar-refractivity contribution is -0.116. The number of anilines is 1. The molecular formula is C23H39N5O4S2. The summed E-state index contributed by atoms with van der Waals surface area (Å²) in [5.74, 6) is 2.20. The number of carbonyl (C=O) groups is 2. The Morgan fingerprint density at radius 1 is 1.15 bits per heavy atom. The quantitative estimate of drug-likeness (QED) is 0.115. The molecule has 2 aromatic heterocycles. The standard InChI is InChI=1S/C22H34N4O3S2.CH5NO/c1-22(2,3)17-14-24-19(29-17)16-30-20-15-25-21(31-20)26-18(28)10-9-12-23-11-7-5-4-6-8-13-27;1-2-3/h13-15,23H,4-12,16H2,1-3H3,(H,25,26,28);2-3H,1H3. The first kappa shape index (κ1) is 30.2. The van der Waals surface area contributed by atoms with Gasteiger partial charge in [0.2, 0.25) is 11.8 Å². The molecule has 2 rings (SSSR count). The molecule has 0 bridgehead atoms. The van der Waals surface area contributed by atoms with Gasteiger partial charge in [-0.1, -0.05) is 44.9 Å². The maximum Gasteiger partial charge on any atom is 0.226 e. The summed E-state index contributed by atoms with van der Waals surface area (Å²) < 4.78 is 6.82. The van der Waals surface area contributed by atoms with E-state index in [2.05, 4.69) is 41.4 Å². The molecule has 9 nitrogen and oxygen atoms in total. The normalized spacial score (nSPS) is 11.1. The third-order valence-corrected chi connectivity index (χ3v) is 6.64. The van der Waals surface area contributed by atoms with Crippen LogP contribution in [-0.4, -0.2) is 47.5 Å². The highest BCUT2D eigenvalue weighted by Gasteiger charge is 2.19. The number of unbranched alkanes of at least 4 members (excludes halogenated alkanes) is 4. The van der Waals surface area contributed by atoms with Gasteiger partial charge in [0.05, 0.1) is 22.4 Å². The molecule has 0 saturated heterocycles. The minimum absolute atomic E-state index is 0.0101. The summed E-state index contributed by atoms with van der Waals surface area (Å²) in [5, 5.41) is 14.2. The van der Waals surface area contributed by atoms with Gasteiger partial charge in [0.15, 0.2) is 5.13 Å². The number of aldehydes is 1. The first-order valence-corrected chi connectivity index (χ1v) is 13.4. The summed E-state index contributed by atoms with van der Waals surface area (Å²) in [6.07, 6.45) is 10.8. The van der Waals surface area contributed by atoms with Crippen molar-refractivity contribution in [2.75, 3.05) is 25.5 Å². The van der Waals surface area contributed by atoms with E-state index in [0.29, 0.717) is 29.6 Å². The van der Waals surface area contributed by atoms with Gasteiger partial charge in [-0.05, 0) is 32.4 Å². The van der Waals surface area contributed by atoms with Crippen molar-refractivity contribution in [3.8, 4) is 0 Å². The van der Waals surface area contributed by atoms with E-state index in [9.17, 15) is 9.59 Å². The van der Waals surface area contributed by atoms with Crippen LogP contribution in [0.4, 0.5) is 5.13 Å². The summed E-state index contributed by atoms with van der Waals surface area (Å²) in [5.41, 5.74) is 1.70. The van der Waals surface area contributed by atoms with Crippen molar-refractivity contribution >= 4 is 40.4 Å². The Morgan fingerprint density at radius 3 is 2.53 bits per heavy atom. The van der Waals surface area contributed by atoms with E-state index < -0.39 is 0 Å². The molecule has 0 aromatic carbocycles. The summed E-state index contributed by atoms with van der Waals surface area (Å²) in [6, 6.07) is 0. The highest BCUT2D eigenvalue weighted by atomic mass is 32.2. The Balaban J connectivity index is 0.00000182. The molecule has 0 aliphatic rings. The van der Waals surface area contributed by atoms with Gasteiger partial charge in [0.25, 0.3) is 0 Å². The molecule has 2 aromatic rings. The summed E-state index contributed by atoms with van der Waals surface area (Å²) in [4.78, 5) is 31.0. The van der Waals surface area contributed by atoms with Crippen LogP contribution in [0.3, 0.4) is 0 Å². The molecule has 34 heavy (non-hydrogen) atoms. The number of hydrogen-bond donors (Lipinski definition) is 4. The second-order valence-corrected chi connectivity index (χ2v) is 10.9. The molecule has 0 saturated carbocycles. The maximum absolute atomic E-state index is 12.1. The van der Waals surface area contributed by atoms with Crippen molar-refractivity contribution in [2.45, 2.75) is 81.1 Å². The predicted octanol–water partition coefficient (Wildman–Crippen LogP) is 4.77. The molecule has 2 heterocycles. The second kappa shape index (κ2) is 17.6. The van der Waals surface area contributed by atoms with E-state index >= 15 is 0 Å². The van der Waals surface area contributed by atoms with Crippen LogP contribution in [0.5, 0.6) is 0 Å². The monoisotopic (exact) mass is 513 g/mol. The molecule has 0 unspecified atom stereocenters. The number of rotatable bonds is 15. The van der Waals surface area contributed by atoms with Gasteiger partial charge < -0.3 is 25.1 Å². The van der Waals surface area contributed by atoms with Crippen LogP contribution in [0, 0.1) is 0 Å². The highest BCUT2D eigenvalue weighted by molar-refractivity contribution is 8.00. The Morgan fingerprint density at radius 2 is 1.85 bits per heavy atom. The summed E-state index contributed by atoms with van der Waals surface area (Å²) in [7, 11) is 1.43. The molecular weight excluding hydrogens is 474 g/mol. The smallest absolute Gasteiger partial charge is 0.226 e. The highest BCUT2D eigenvalue weighted by Crippen LogP contribution is 2.31. The maximum atomic E-state index is 12.1. The molecule has 0 aliphatic carbocycles. The van der Waals surface area contributed by atoms with Crippen molar-refractivity contribution in [1.82, 2.24) is 20.8 Å². The van der Waals surface area contributed by atoms with E-state index in [1.807, 2.05) is 0 Å². The summed E-state index contributed by atoms with van der Waals surface area (Å²) >= 11 is 3.07. The zero-order chi connectivity index (χ0) is 25.2. The van der Waals surface area contributed by atoms with Crippen LogP contribution < -0.4 is 16.1 Å². The topological polar surface area (TPSA) is 129 Å². The van der Waals surface area contributed by atoms with E-state index in [0.717, 1.165) is 61.4 Å². The van der Waals surface area contributed by atoms with Crippen LogP contribution in [-0.2, 0) is 20.8 Å². The number of carbonyl (C=O) groups excluding carboxylic acids is 2. The lowest BCUT2D eigenvalue weighted by atomic mass is 9.94.